The van der Waals surface area contributed by atoms with Crippen LogP contribution in [-0.4, -0.2) is 37.9 Å². The highest BCUT2D eigenvalue weighted by atomic mass is 35.5. The van der Waals surface area contributed by atoms with Crippen LogP contribution in [0.3, 0.4) is 0 Å². The number of hydrogen-bond donors (Lipinski definition) is 3. The number of nitrogens with one attached hydrogen (secondary N) is 2. The summed E-state index contributed by atoms with van der Waals surface area (Å²) in [6.07, 6.45) is 2.85. The second kappa shape index (κ2) is 8.85. The first-order chi connectivity index (χ1) is 12.7. The standard InChI is InChI=1S/C18H24ClN5O3/c1-18(2,3)7-6-14(23-17(26)27)16(25)21-9-12-8-13(19)4-5-15(12)24-11-20-10-22-24/h4-5,8,10-11,14,23H,6-7,9H2,1-3H3,(H,21,25)(H,26,27)/t14-/m0/s1. The molecule has 2 amide bonds. The van der Waals surface area contributed by atoms with Crippen LogP contribution < -0.4 is 10.6 Å². The van der Waals surface area contributed by atoms with Crippen LogP contribution in [0, 0.1) is 5.41 Å². The predicted molar refractivity (Wildman–Crippen MR) is 102 cm³/mol. The van der Waals surface area contributed by atoms with Gasteiger partial charge in [0.25, 0.3) is 0 Å². The van der Waals surface area contributed by atoms with E-state index in [4.69, 9.17) is 16.7 Å². The van der Waals surface area contributed by atoms with Crippen molar-refractivity contribution in [3.63, 3.8) is 0 Å². The summed E-state index contributed by atoms with van der Waals surface area (Å²) in [7, 11) is 0. The van der Waals surface area contributed by atoms with Gasteiger partial charge in [0.1, 0.15) is 18.7 Å². The van der Waals surface area contributed by atoms with Gasteiger partial charge >= 0.3 is 6.09 Å². The van der Waals surface area contributed by atoms with Gasteiger partial charge in [0.05, 0.1) is 5.69 Å². The fourth-order valence-corrected chi connectivity index (χ4v) is 2.75. The predicted octanol–water partition coefficient (Wildman–Crippen LogP) is 3.00. The maximum Gasteiger partial charge on any atom is 0.405 e. The minimum Gasteiger partial charge on any atom is -0.465 e. The third kappa shape index (κ3) is 6.56. The van der Waals surface area contributed by atoms with Gasteiger partial charge in [-0.05, 0) is 42.0 Å². The monoisotopic (exact) mass is 393 g/mol. The highest BCUT2D eigenvalue weighted by molar-refractivity contribution is 6.30. The number of amides is 2. The van der Waals surface area contributed by atoms with Crippen LogP contribution in [0.4, 0.5) is 4.79 Å². The zero-order valence-corrected chi connectivity index (χ0v) is 16.3. The molecule has 0 saturated carbocycles. The minimum absolute atomic E-state index is 0.00801. The molecule has 1 atom stereocenters. The molecule has 1 aromatic carbocycles. The number of aromatic nitrogens is 3. The van der Waals surface area contributed by atoms with Crippen LogP contribution in [0.15, 0.2) is 30.9 Å². The minimum atomic E-state index is -1.23. The molecule has 146 valence electrons. The van der Waals surface area contributed by atoms with E-state index in [0.29, 0.717) is 17.9 Å². The lowest BCUT2D eigenvalue weighted by Gasteiger charge is -2.23. The molecule has 0 unspecified atom stereocenters. The average molecular weight is 394 g/mol. The first-order valence-electron chi connectivity index (χ1n) is 8.56. The molecule has 8 nitrogen and oxygen atoms in total. The summed E-state index contributed by atoms with van der Waals surface area (Å²) in [6, 6.07) is 4.41. The SMILES string of the molecule is CC(C)(C)CC[C@H](NC(=O)O)C(=O)NCc1cc(Cl)ccc1-n1cncn1. The fraction of sp³-hybridized carbons (Fsp3) is 0.444. The maximum atomic E-state index is 12.5. The van der Waals surface area contributed by atoms with Crippen molar-refractivity contribution < 1.29 is 14.7 Å². The Hall–Kier alpha value is -2.61. The second-order valence-electron chi connectivity index (χ2n) is 7.43. The Bertz CT molecular complexity index is 787. The van der Waals surface area contributed by atoms with E-state index in [1.165, 1.54) is 6.33 Å². The van der Waals surface area contributed by atoms with Crippen LogP contribution >= 0.6 is 11.6 Å². The van der Waals surface area contributed by atoms with Crippen molar-refractivity contribution >= 4 is 23.6 Å². The van der Waals surface area contributed by atoms with Crippen molar-refractivity contribution in [2.75, 3.05) is 0 Å². The van der Waals surface area contributed by atoms with E-state index in [0.717, 1.165) is 11.3 Å². The van der Waals surface area contributed by atoms with Crippen LogP contribution in [0.1, 0.15) is 39.2 Å². The molecule has 1 aromatic heterocycles. The molecule has 1 heterocycles. The summed E-state index contributed by atoms with van der Waals surface area (Å²) in [5.41, 5.74) is 1.47. The Morgan fingerprint density at radius 3 is 2.67 bits per heavy atom. The second-order valence-corrected chi connectivity index (χ2v) is 7.87. The van der Waals surface area contributed by atoms with Crippen LogP contribution in [0.5, 0.6) is 0 Å². The lowest BCUT2D eigenvalue weighted by molar-refractivity contribution is -0.123. The smallest absolute Gasteiger partial charge is 0.405 e. The third-order valence-corrected chi connectivity index (χ3v) is 4.19. The molecule has 0 radical (unpaired) electrons. The van der Waals surface area contributed by atoms with Gasteiger partial charge in [-0.15, -0.1) is 0 Å². The van der Waals surface area contributed by atoms with Crippen LogP contribution in [0.2, 0.25) is 5.02 Å². The summed E-state index contributed by atoms with van der Waals surface area (Å²) in [5.74, 6) is -0.383. The van der Waals surface area contributed by atoms with Gasteiger partial charge in [-0.1, -0.05) is 32.4 Å². The Morgan fingerprint density at radius 2 is 2.07 bits per heavy atom. The van der Waals surface area contributed by atoms with Crippen molar-refractivity contribution in [1.29, 1.82) is 0 Å². The van der Waals surface area contributed by atoms with Crippen molar-refractivity contribution in [3.05, 3.63) is 41.4 Å². The van der Waals surface area contributed by atoms with E-state index in [-0.39, 0.29) is 17.9 Å². The average Bonchev–Trinajstić information content (AvgIpc) is 3.09. The van der Waals surface area contributed by atoms with Gasteiger partial charge in [0.2, 0.25) is 5.91 Å². The molecule has 0 bridgehead atoms. The normalized spacial score (nSPS) is 12.4. The van der Waals surface area contributed by atoms with Crippen molar-refractivity contribution in [2.45, 2.75) is 46.2 Å². The van der Waals surface area contributed by atoms with E-state index in [1.54, 1.807) is 29.2 Å². The number of nitrogens with zero attached hydrogens (tertiary/aromatic N) is 3. The summed E-state index contributed by atoms with van der Waals surface area (Å²) >= 11 is 6.08. The Balaban J connectivity index is 2.10. The maximum absolute atomic E-state index is 12.5. The van der Waals surface area contributed by atoms with Gasteiger partial charge in [-0.2, -0.15) is 5.10 Å². The number of hydrogen-bond acceptors (Lipinski definition) is 4. The molecule has 0 fully saturated rings. The van der Waals surface area contributed by atoms with Crippen molar-refractivity contribution in [2.24, 2.45) is 5.41 Å². The Morgan fingerprint density at radius 1 is 1.33 bits per heavy atom. The fourth-order valence-electron chi connectivity index (χ4n) is 2.55. The highest BCUT2D eigenvalue weighted by Crippen LogP contribution is 2.22. The summed E-state index contributed by atoms with van der Waals surface area (Å²) in [6.45, 7) is 6.30. The molecule has 2 aromatic rings. The number of carbonyl (C=O) groups excluding carboxylic acids is 1. The summed E-state index contributed by atoms with van der Waals surface area (Å²) in [5, 5.41) is 18.7. The highest BCUT2D eigenvalue weighted by Gasteiger charge is 2.23. The quantitative estimate of drug-likeness (QED) is 0.669. The van der Waals surface area contributed by atoms with Gasteiger partial charge in [-0.3, -0.25) is 4.79 Å². The Kier molecular flexibility index (Phi) is 6.79. The molecule has 0 aliphatic carbocycles. The molecule has 0 aliphatic rings. The lowest BCUT2D eigenvalue weighted by Crippen LogP contribution is -2.46. The van der Waals surface area contributed by atoms with E-state index >= 15 is 0 Å². The van der Waals surface area contributed by atoms with E-state index in [1.807, 2.05) is 20.8 Å². The van der Waals surface area contributed by atoms with Gasteiger partial charge in [-0.25, -0.2) is 14.5 Å². The topological polar surface area (TPSA) is 109 Å². The van der Waals surface area contributed by atoms with Gasteiger partial charge in [0, 0.05) is 11.6 Å². The summed E-state index contributed by atoms with van der Waals surface area (Å²) < 4.78 is 1.57. The first-order valence-corrected chi connectivity index (χ1v) is 8.94. The van der Waals surface area contributed by atoms with E-state index in [9.17, 15) is 9.59 Å². The largest absolute Gasteiger partial charge is 0.465 e. The zero-order chi connectivity index (χ0) is 20.0. The molecular formula is C18H24ClN5O3. The van der Waals surface area contributed by atoms with E-state index < -0.39 is 12.1 Å². The Labute approximate surface area is 162 Å². The first kappa shape index (κ1) is 20.7. The van der Waals surface area contributed by atoms with Crippen molar-refractivity contribution in [1.82, 2.24) is 25.4 Å². The lowest BCUT2D eigenvalue weighted by atomic mass is 9.88. The number of carbonyl (C=O) groups is 2. The number of benzene rings is 1. The molecular weight excluding hydrogens is 370 g/mol. The molecule has 0 aliphatic heterocycles. The molecule has 3 N–H and O–H groups in total. The molecule has 0 saturated heterocycles. The zero-order valence-electron chi connectivity index (χ0n) is 15.6. The molecule has 2 rings (SSSR count). The molecule has 27 heavy (non-hydrogen) atoms. The number of halogens is 1. The van der Waals surface area contributed by atoms with Crippen LogP contribution in [-0.2, 0) is 11.3 Å². The van der Waals surface area contributed by atoms with E-state index in [2.05, 4.69) is 20.7 Å². The molecule has 0 spiro atoms. The van der Waals surface area contributed by atoms with Crippen molar-refractivity contribution in [3.8, 4) is 5.69 Å². The van der Waals surface area contributed by atoms with Crippen LogP contribution in [0.25, 0.3) is 5.69 Å². The van der Waals surface area contributed by atoms with Gasteiger partial charge < -0.3 is 15.7 Å². The third-order valence-electron chi connectivity index (χ3n) is 3.96. The number of carboxylic acid groups (broad SMARTS) is 1. The van der Waals surface area contributed by atoms with Gasteiger partial charge in [0.15, 0.2) is 0 Å². The molecule has 9 heteroatoms. The number of rotatable bonds is 7. The summed E-state index contributed by atoms with van der Waals surface area (Å²) in [4.78, 5) is 27.5.